The number of hydrogen-bond acceptors (Lipinski definition) is 9. The topological polar surface area (TPSA) is 139 Å². The molecule has 1 aromatic heterocycles. The maximum atomic E-state index is 13.5. The minimum absolute atomic E-state index is 0.00402. The lowest BCUT2D eigenvalue weighted by Gasteiger charge is -2.29. The summed E-state index contributed by atoms with van der Waals surface area (Å²) in [5.41, 5.74) is 0.393. The molecule has 1 saturated heterocycles. The second kappa shape index (κ2) is 9.88. The van der Waals surface area contributed by atoms with Gasteiger partial charge in [-0.05, 0) is 17.7 Å². The quantitative estimate of drug-likeness (QED) is 0.329. The van der Waals surface area contributed by atoms with Crippen molar-refractivity contribution in [2.24, 2.45) is 0 Å². The first-order valence-corrected chi connectivity index (χ1v) is 12.5. The van der Waals surface area contributed by atoms with E-state index in [0.29, 0.717) is 48.9 Å². The first-order chi connectivity index (χ1) is 18.9. The number of phenolic OH excluding ortho intramolecular Hbond substituents is 3. The number of carbonyl (C=O) groups is 1. The van der Waals surface area contributed by atoms with Gasteiger partial charge in [0.25, 0.3) is 0 Å². The van der Waals surface area contributed by atoms with E-state index >= 15 is 0 Å². The van der Waals surface area contributed by atoms with Crippen molar-refractivity contribution in [2.75, 3.05) is 33.1 Å². The number of hydrogen-bond donors (Lipinski definition) is 3. The molecule has 0 radical (unpaired) electrons. The Kier molecular flexibility index (Phi) is 6.24. The van der Waals surface area contributed by atoms with Crippen molar-refractivity contribution in [3.8, 4) is 40.1 Å². The van der Waals surface area contributed by atoms with Gasteiger partial charge in [-0.1, -0.05) is 36.4 Å². The molecule has 1 amide bonds. The molecule has 10 nitrogen and oxygen atoms in total. The number of nitrogens with zero attached hydrogens (tertiary/aromatic N) is 1. The van der Waals surface area contributed by atoms with Crippen LogP contribution < -0.4 is 14.9 Å². The van der Waals surface area contributed by atoms with Gasteiger partial charge in [-0.3, -0.25) is 9.59 Å². The van der Waals surface area contributed by atoms with Crippen LogP contribution >= 0.6 is 0 Å². The molecule has 0 aliphatic carbocycles. The van der Waals surface area contributed by atoms with Crippen LogP contribution in [-0.4, -0.2) is 59.2 Å². The zero-order chi connectivity index (χ0) is 27.1. The van der Waals surface area contributed by atoms with Crippen molar-refractivity contribution in [3.05, 3.63) is 75.9 Å². The minimum Gasteiger partial charge on any atom is -0.504 e. The highest BCUT2D eigenvalue weighted by molar-refractivity contribution is 5.94. The monoisotopic (exact) mass is 531 g/mol. The number of rotatable bonds is 5. The van der Waals surface area contributed by atoms with Crippen molar-refractivity contribution in [1.29, 1.82) is 0 Å². The fourth-order valence-corrected chi connectivity index (χ4v) is 5.07. The molecule has 3 N–H and O–H groups in total. The third-order valence-electron chi connectivity index (χ3n) is 7.08. The normalized spacial score (nSPS) is 15.4. The van der Waals surface area contributed by atoms with Gasteiger partial charge in [0.2, 0.25) is 18.4 Å². The van der Waals surface area contributed by atoms with Crippen LogP contribution in [0.3, 0.4) is 0 Å². The molecule has 0 spiro atoms. The van der Waals surface area contributed by atoms with Gasteiger partial charge in [-0.15, -0.1) is 0 Å². The Balaban J connectivity index is 1.58. The third kappa shape index (κ3) is 4.38. The highest BCUT2D eigenvalue weighted by atomic mass is 16.7. The molecule has 2 aliphatic heterocycles. The average molecular weight is 532 g/mol. The lowest BCUT2D eigenvalue weighted by Crippen LogP contribution is -2.41. The first-order valence-electron chi connectivity index (χ1n) is 12.5. The van der Waals surface area contributed by atoms with E-state index in [1.165, 1.54) is 6.07 Å². The van der Waals surface area contributed by atoms with E-state index in [-0.39, 0.29) is 41.4 Å². The molecule has 1 fully saturated rings. The molecule has 200 valence electrons. The van der Waals surface area contributed by atoms with Crippen molar-refractivity contribution in [3.63, 3.8) is 0 Å². The zero-order valence-electron chi connectivity index (χ0n) is 20.8. The highest BCUT2D eigenvalue weighted by Gasteiger charge is 2.33. The van der Waals surface area contributed by atoms with Crippen LogP contribution in [0.15, 0.2) is 63.8 Å². The van der Waals surface area contributed by atoms with Crippen molar-refractivity contribution in [1.82, 2.24) is 4.90 Å². The van der Waals surface area contributed by atoms with E-state index in [0.717, 1.165) is 0 Å². The zero-order valence-corrected chi connectivity index (χ0v) is 20.8. The van der Waals surface area contributed by atoms with E-state index in [4.69, 9.17) is 18.6 Å². The van der Waals surface area contributed by atoms with Gasteiger partial charge in [0, 0.05) is 42.6 Å². The Bertz CT molecular complexity index is 1620. The Morgan fingerprint density at radius 3 is 2.41 bits per heavy atom. The smallest absolute Gasteiger partial charge is 0.231 e. The number of carbonyl (C=O) groups excluding carboxylic acids is 1. The maximum Gasteiger partial charge on any atom is 0.231 e. The van der Waals surface area contributed by atoms with Gasteiger partial charge in [0.1, 0.15) is 16.7 Å². The highest BCUT2D eigenvalue weighted by Crippen LogP contribution is 2.50. The number of benzene rings is 3. The van der Waals surface area contributed by atoms with Gasteiger partial charge in [0.15, 0.2) is 28.4 Å². The summed E-state index contributed by atoms with van der Waals surface area (Å²) in [6, 6.07) is 15.2. The Morgan fingerprint density at radius 2 is 1.64 bits per heavy atom. The van der Waals surface area contributed by atoms with Crippen LogP contribution in [0, 0.1) is 0 Å². The van der Waals surface area contributed by atoms with Gasteiger partial charge >= 0.3 is 0 Å². The van der Waals surface area contributed by atoms with E-state index < -0.39 is 28.6 Å². The third-order valence-corrected chi connectivity index (χ3v) is 7.08. The number of phenols is 3. The molecule has 39 heavy (non-hydrogen) atoms. The Hall–Kier alpha value is -4.70. The molecule has 0 bridgehead atoms. The molecular weight excluding hydrogens is 506 g/mol. The summed E-state index contributed by atoms with van der Waals surface area (Å²) < 4.78 is 22.5. The standard InChI is InChI=1S/C29H25NO9/c31-19-14-21(16-4-2-1-3-5-16)39-29-24(26(33)28(35)27(34)25(19)29)18(13-23(32)30-8-10-36-11-9-30)17-6-7-20-22(12-17)38-15-37-20/h1-7,12,14,18,33-35H,8-11,13,15H2/t18-/m1/s1. The van der Waals surface area contributed by atoms with Crippen LogP contribution in [0.2, 0.25) is 0 Å². The maximum absolute atomic E-state index is 13.5. The van der Waals surface area contributed by atoms with Crippen molar-refractivity contribution < 1.29 is 38.7 Å². The average Bonchev–Trinajstić information content (AvgIpc) is 3.44. The summed E-state index contributed by atoms with van der Waals surface area (Å²) in [5.74, 6) is -2.30. The molecule has 0 saturated carbocycles. The van der Waals surface area contributed by atoms with Crippen LogP contribution in [-0.2, 0) is 9.53 Å². The molecule has 1 atom stereocenters. The van der Waals surface area contributed by atoms with Crippen LogP contribution in [0.25, 0.3) is 22.3 Å². The summed E-state index contributed by atoms with van der Waals surface area (Å²) in [6.07, 6.45) is -0.133. The summed E-state index contributed by atoms with van der Waals surface area (Å²) in [6.45, 7) is 1.68. The van der Waals surface area contributed by atoms with Crippen LogP contribution in [0.4, 0.5) is 0 Å². The second-order valence-corrected chi connectivity index (χ2v) is 9.37. The second-order valence-electron chi connectivity index (χ2n) is 9.37. The fraction of sp³-hybridized carbons (Fsp3) is 0.241. The number of ether oxygens (including phenoxy) is 3. The molecule has 6 rings (SSSR count). The summed E-state index contributed by atoms with van der Waals surface area (Å²) in [5, 5.41) is 32.3. The number of amides is 1. The lowest BCUT2D eigenvalue weighted by atomic mass is 9.85. The first kappa shape index (κ1) is 24.6. The SMILES string of the molecule is O=C(C[C@H](c1ccc2c(c1)OCO2)c1c(O)c(O)c(O)c2c(=O)cc(-c3ccccc3)oc12)N1CCOCC1. The van der Waals surface area contributed by atoms with E-state index in [9.17, 15) is 24.9 Å². The molecule has 4 aromatic rings. The Labute approximate surface area is 222 Å². The van der Waals surface area contributed by atoms with E-state index in [2.05, 4.69) is 0 Å². The van der Waals surface area contributed by atoms with Gasteiger partial charge in [-0.2, -0.15) is 0 Å². The number of aromatic hydroxyl groups is 3. The van der Waals surface area contributed by atoms with Crippen molar-refractivity contribution in [2.45, 2.75) is 12.3 Å². The largest absolute Gasteiger partial charge is 0.504 e. The minimum atomic E-state index is -0.891. The van der Waals surface area contributed by atoms with E-state index in [1.54, 1.807) is 47.4 Å². The lowest BCUT2D eigenvalue weighted by molar-refractivity contribution is -0.135. The van der Waals surface area contributed by atoms with Crippen LogP contribution in [0.5, 0.6) is 28.7 Å². The molecule has 3 heterocycles. The van der Waals surface area contributed by atoms with Gasteiger partial charge < -0.3 is 38.8 Å². The molecule has 0 unspecified atom stereocenters. The summed E-state index contributed by atoms with van der Waals surface area (Å²) in [4.78, 5) is 28.4. The summed E-state index contributed by atoms with van der Waals surface area (Å²) in [7, 11) is 0. The van der Waals surface area contributed by atoms with Gasteiger partial charge in [0.05, 0.1) is 13.2 Å². The predicted octanol–water partition coefficient (Wildman–Crippen LogP) is 3.69. The fourth-order valence-electron chi connectivity index (χ4n) is 5.07. The van der Waals surface area contributed by atoms with Crippen molar-refractivity contribution >= 4 is 16.9 Å². The number of morpholine rings is 1. The molecule has 10 heteroatoms. The number of fused-ring (bicyclic) bond motifs is 2. The Morgan fingerprint density at radius 1 is 0.897 bits per heavy atom. The summed E-state index contributed by atoms with van der Waals surface area (Å²) >= 11 is 0. The predicted molar refractivity (Wildman–Crippen MR) is 139 cm³/mol. The molecular formula is C29H25NO9. The van der Waals surface area contributed by atoms with Crippen LogP contribution in [0.1, 0.15) is 23.5 Å². The van der Waals surface area contributed by atoms with Gasteiger partial charge in [-0.25, -0.2) is 0 Å². The molecule has 3 aromatic carbocycles. The molecule has 2 aliphatic rings. The van der Waals surface area contributed by atoms with E-state index in [1.807, 2.05) is 6.07 Å².